The third-order valence-electron chi connectivity index (χ3n) is 3.67. The predicted octanol–water partition coefficient (Wildman–Crippen LogP) is 2.63. The molecule has 0 bridgehead atoms. The highest BCUT2D eigenvalue weighted by Gasteiger charge is 2.22. The lowest BCUT2D eigenvalue weighted by molar-refractivity contribution is -0.153. The van der Waals surface area contributed by atoms with Gasteiger partial charge >= 0.3 is 5.97 Å². The summed E-state index contributed by atoms with van der Waals surface area (Å²) in [5, 5.41) is 0. The number of esters is 1. The maximum atomic E-state index is 11.8. The summed E-state index contributed by atoms with van der Waals surface area (Å²) in [6, 6.07) is 9.71. The van der Waals surface area contributed by atoms with Crippen molar-refractivity contribution in [1.29, 1.82) is 0 Å². The Morgan fingerprint density at radius 1 is 1.10 bits per heavy atom. The lowest BCUT2D eigenvalue weighted by atomic mass is 9.96. The van der Waals surface area contributed by atoms with E-state index in [1.54, 1.807) is 0 Å². The molecule has 1 aromatic rings. The van der Waals surface area contributed by atoms with Crippen LogP contribution in [0.4, 0.5) is 0 Å². The van der Waals surface area contributed by atoms with Crippen molar-refractivity contribution in [2.45, 2.75) is 51.0 Å². The fourth-order valence-electron chi connectivity index (χ4n) is 2.44. The van der Waals surface area contributed by atoms with Gasteiger partial charge in [-0.15, -0.1) is 0 Å². The molecule has 0 radical (unpaired) electrons. The summed E-state index contributed by atoms with van der Waals surface area (Å²) in [6.07, 6.45) is 2.74. The molecule has 21 heavy (non-hydrogen) atoms. The molecule has 0 atom stereocenters. The zero-order chi connectivity index (χ0) is 15.1. The Hall–Kier alpha value is -1.97. The van der Waals surface area contributed by atoms with Crippen molar-refractivity contribution in [2.24, 2.45) is 0 Å². The summed E-state index contributed by atoms with van der Waals surface area (Å²) in [5.41, 5.74) is 1.09. The molecule has 0 heterocycles. The molecule has 0 amide bonds. The molecule has 1 fully saturated rings. The second kappa shape index (κ2) is 7.72. The molecule has 112 valence electrons. The Kier molecular flexibility index (Phi) is 5.67. The summed E-state index contributed by atoms with van der Waals surface area (Å²) in [5.74, 6) is -0.343. The van der Waals surface area contributed by atoms with Crippen molar-refractivity contribution in [2.75, 3.05) is 0 Å². The van der Waals surface area contributed by atoms with E-state index < -0.39 is 5.97 Å². The zero-order valence-electron chi connectivity index (χ0n) is 12.0. The van der Waals surface area contributed by atoms with Crippen LogP contribution in [0.3, 0.4) is 0 Å². The van der Waals surface area contributed by atoms with Crippen LogP contribution in [0, 0.1) is 0 Å². The number of carbonyl (C=O) groups is 3. The fraction of sp³-hybridized carbons (Fsp3) is 0.471. The van der Waals surface area contributed by atoms with Gasteiger partial charge in [-0.05, 0) is 24.8 Å². The third kappa shape index (κ3) is 5.50. The van der Waals surface area contributed by atoms with E-state index in [1.165, 1.54) is 0 Å². The van der Waals surface area contributed by atoms with Gasteiger partial charge in [0.1, 0.15) is 24.1 Å². The van der Waals surface area contributed by atoms with E-state index in [0.29, 0.717) is 38.5 Å². The van der Waals surface area contributed by atoms with E-state index in [9.17, 15) is 14.4 Å². The highest BCUT2D eigenvalue weighted by Crippen LogP contribution is 2.18. The normalized spacial score (nSPS) is 15.7. The number of ketones is 2. The maximum Gasteiger partial charge on any atom is 0.313 e. The standard InChI is InChI=1S/C17H20O4/c18-14-8-10-16(11-9-14)21-17(20)12-15(19)7-6-13-4-2-1-3-5-13/h1-5,16H,6-12H2. The van der Waals surface area contributed by atoms with E-state index in [4.69, 9.17) is 4.74 Å². The predicted molar refractivity (Wildman–Crippen MR) is 77.7 cm³/mol. The van der Waals surface area contributed by atoms with Crippen LogP contribution in [0.15, 0.2) is 30.3 Å². The monoisotopic (exact) mass is 288 g/mol. The van der Waals surface area contributed by atoms with Crippen LogP contribution in [0.25, 0.3) is 0 Å². The average molecular weight is 288 g/mol. The lowest BCUT2D eigenvalue weighted by Crippen LogP contribution is -2.25. The van der Waals surface area contributed by atoms with E-state index in [-0.39, 0.29) is 24.1 Å². The van der Waals surface area contributed by atoms with Crippen LogP contribution in [0.2, 0.25) is 0 Å². The number of hydrogen-bond acceptors (Lipinski definition) is 4. The first-order valence-electron chi connectivity index (χ1n) is 7.40. The summed E-state index contributed by atoms with van der Waals surface area (Å²) in [4.78, 5) is 34.5. The van der Waals surface area contributed by atoms with Crippen molar-refractivity contribution in [3.8, 4) is 0 Å². The van der Waals surface area contributed by atoms with Gasteiger partial charge in [0, 0.05) is 19.3 Å². The summed E-state index contributed by atoms with van der Waals surface area (Å²) in [6.45, 7) is 0. The number of rotatable bonds is 6. The number of Topliss-reactive ketones (excluding diaryl/α,β-unsaturated/α-hetero) is 2. The average Bonchev–Trinajstić information content (AvgIpc) is 2.48. The molecule has 4 nitrogen and oxygen atoms in total. The second-order valence-corrected chi connectivity index (χ2v) is 5.43. The number of ether oxygens (including phenoxy) is 1. The van der Waals surface area contributed by atoms with Gasteiger partial charge in [0.25, 0.3) is 0 Å². The summed E-state index contributed by atoms with van der Waals surface area (Å²) in [7, 11) is 0. The Labute approximate surface area is 124 Å². The SMILES string of the molecule is O=C1CCC(OC(=O)CC(=O)CCc2ccccc2)CC1. The summed E-state index contributed by atoms with van der Waals surface area (Å²) >= 11 is 0. The molecular weight excluding hydrogens is 268 g/mol. The van der Waals surface area contributed by atoms with Gasteiger partial charge in [-0.3, -0.25) is 14.4 Å². The Balaban J connectivity index is 1.67. The van der Waals surface area contributed by atoms with Crippen LogP contribution in [-0.2, 0) is 25.5 Å². The maximum absolute atomic E-state index is 11.8. The zero-order valence-corrected chi connectivity index (χ0v) is 12.0. The molecule has 4 heteroatoms. The van der Waals surface area contributed by atoms with Crippen LogP contribution >= 0.6 is 0 Å². The molecule has 0 saturated heterocycles. The van der Waals surface area contributed by atoms with Crippen LogP contribution in [0.5, 0.6) is 0 Å². The topological polar surface area (TPSA) is 60.4 Å². The largest absolute Gasteiger partial charge is 0.462 e. The van der Waals surface area contributed by atoms with E-state index in [0.717, 1.165) is 5.56 Å². The number of hydrogen-bond donors (Lipinski definition) is 0. The molecule has 1 saturated carbocycles. The van der Waals surface area contributed by atoms with Crippen molar-refractivity contribution in [3.05, 3.63) is 35.9 Å². The minimum atomic E-state index is -0.465. The molecule has 1 aromatic carbocycles. The molecule has 1 aliphatic rings. The molecule has 0 aromatic heterocycles. The molecule has 0 N–H and O–H groups in total. The van der Waals surface area contributed by atoms with Crippen LogP contribution in [-0.4, -0.2) is 23.6 Å². The van der Waals surface area contributed by atoms with Gasteiger partial charge in [-0.25, -0.2) is 0 Å². The Bertz CT molecular complexity index is 497. The van der Waals surface area contributed by atoms with E-state index in [1.807, 2.05) is 30.3 Å². The lowest BCUT2D eigenvalue weighted by Gasteiger charge is -2.21. The molecule has 0 spiro atoms. The molecular formula is C17H20O4. The van der Waals surface area contributed by atoms with Gasteiger partial charge in [-0.1, -0.05) is 30.3 Å². The minimum Gasteiger partial charge on any atom is -0.462 e. The quantitative estimate of drug-likeness (QED) is 0.596. The van der Waals surface area contributed by atoms with Crippen molar-refractivity contribution in [3.63, 3.8) is 0 Å². The van der Waals surface area contributed by atoms with Crippen molar-refractivity contribution >= 4 is 17.5 Å². The molecule has 0 unspecified atom stereocenters. The van der Waals surface area contributed by atoms with Crippen molar-refractivity contribution < 1.29 is 19.1 Å². The highest BCUT2D eigenvalue weighted by atomic mass is 16.5. The first kappa shape index (κ1) is 15.4. The number of aryl methyl sites for hydroxylation is 1. The molecule has 1 aliphatic carbocycles. The summed E-state index contributed by atoms with van der Waals surface area (Å²) < 4.78 is 5.25. The Morgan fingerprint density at radius 2 is 1.76 bits per heavy atom. The first-order valence-corrected chi connectivity index (χ1v) is 7.40. The van der Waals surface area contributed by atoms with Gasteiger partial charge < -0.3 is 4.74 Å². The van der Waals surface area contributed by atoms with E-state index in [2.05, 4.69) is 0 Å². The van der Waals surface area contributed by atoms with E-state index >= 15 is 0 Å². The van der Waals surface area contributed by atoms with Gasteiger partial charge in [0.15, 0.2) is 0 Å². The third-order valence-corrected chi connectivity index (χ3v) is 3.67. The van der Waals surface area contributed by atoms with Gasteiger partial charge in [0.05, 0.1) is 0 Å². The van der Waals surface area contributed by atoms with Gasteiger partial charge in [0.2, 0.25) is 0 Å². The number of benzene rings is 1. The highest BCUT2D eigenvalue weighted by molar-refractivity contribution is 5.95. The first-order chi connectivity index (χ1) is 10.1. The van der Waals surface area contributed by atoms with Crippen LogP contribution < -0.4 is 0 Å². The van der Waals surface area contributed by atoms with Crippen molar-refractivity contribution in [1.82, 2.24) is 0 Å². The second-order valence-electron chi connectivity index (χ2n) is 5.43. The smallest absolute Gasteiger partial charge is 0.313 e. The van der Waals surface area contributed by atoms with Crippen LogP contribution in [0.1, 0.15) is 44.1 Å². The number of carbonyl (C=O) groups excluding carboxylic acids is 3. The molecule has 0 aliphatic heterocycles. The minimum absolute atomic E-state index is 0.101. The van der Waals surface area contributed by atoms with Gasteiger partial charge in [-0.2, -0.15) is 0 Å². The Morgan fingerprint density at radius 3 is 2.43 bits per heavy atom. The molecule has 2 rings (SSSR count). The fourth-order valence-corrected chi connectivity index (χ4v) is 2.44.